The Labute approximate surface area is 98.6 Å². The summed E-state index contributed by atoms with van der Waals surface area (Å²) in [5, 5.41) is 8.59. The minimum absolute atomic E-state index is 0.0417. The lowest BCUT2D eigenvalue weighted by Crippen LogP contribution is -2.23. The average molecular weight is 259 g/mol. The maximum absolute atomic E-state index is 11.5. The van der Waals surface area contributed by atoms with Crippen molar-refractivity contribution in [3.63, 3.8) is 0 Å². The first kappa shape index (κ1) is 12.1. The van der Waals surface area contributed by atoms with Crippen molar-refractivity contribution in [1.29, 1.82) is 0 Å². The highest BCUT2D eigenvalue weighted by molar-refractivity contribution is 7.91. The Bertz CT molecular complexity index is 519. The highest BCUT2D eigenvalue weighted by Gasteiger charge is 2.29. The summed E-state index contributed by atoms with van der Waals surface area (Å²) in [6, 6.07) is 0. The van der Waals surface area contributed by atoms with E-state index in [1.807, 2.05) is 0 Å². The summed E-state index contributed by atoms with van der Waals surface area (Å²) >= 11 is 0. The monoisotopic (exact) mass is 259 g/mol. The number of aliphatic carboxylic acids is 1. The summed E-state index contributed by atoms with van der Waals surface area (Å²) in [6.07, 6.45) is 2.44. The van der Waals surface area contributed by atoms with Gasteiger partial charge in [-0.3, -0.25) is 4.79 Å². The van der Waals surface area contributed by atoms with Crippen LogP contribution < -0.4 is 0 Å². The third-order valence-corrected chi connectivity index (χ3v) is 4.53. The van der Waals surface area contributed by atoms with Crippen molar-refractivity contribution in [3.05, 3.63) is 17.8 Å². The molecule has 0 amide bonds. The summed E-state index contributed by atoms with van der Waals surface area (Å²) in [7, 11) is -3.01. The SMILES string of the molecule is O=C(O)Cc1cnc(C2CCCS(=O)(=O)C2)o1. The summed E-state index contributed by atoms with van der Waals surface area (Å²) in [6.45, 7) is 0. The summed E-state index contributed by atoms with van der Waals surface area (Å²) < 4.78 is 28.2. The van der Waals surface area contributed by atoms with Gasteiger partial charge in [-0.1, -0.05) is 0 Å². The van der Waals surface area contributed by atoms with Gasteiger partial charge in [-0.05, 0) is 12.8 Å². The summed E-state index contributed by atoms with van der Waals surface area (Å²) in [5.74, 6) is -0.382. The molecule has 1 fully saturated rings. The fourth-order valence-corrected chi connectivity index (χ4v) is 3.66. The van der Waals surface area contributed by atoms with Crippen LogP contribution in [0.1, 0.15) is 30.4 Å². The summed E-state index contributed by atoms with van der Waals surface area (Å²) in [4.78, 5) is 14.4. The Hall–Kier alpha value is -1.37. The Kier molecular flexibility index (Phi) is 3.19. The van der Waals surface area contributed by atoms with Crippen LogP contribution in [-0.4, -0.2) is 36.0 Å². The minimum Gasteiger partial charge on any atom is -0.481 e. The zero-order valence-corrected chi connectivity index (χ0v) is 9.94. The van der Waals surface area contributed by atoms with Crippen molar-refractivity contribution in [1.82, 2.24) is 4.98 Å². The van der Waals surface area contributed by atoms with Crippen molar-refractivity contribution in [3.8, 4) is 0 Å². The van der Waals surface area contributed by atoms with Crippen LogP contribution >= 0.6 is 0 Å². The number of oxazole rings is 1. The number of hydrogen-bond donors (Lipinski definition) is 1. The second-order valence-electron chi connectivity index (χ2n) is 4.19. The Morgan fingerprint density at radius 3 is 3.00 bits per heavy atom. The van der Waals surface area contributed by atoms with E-state index in [0.717, 1.165) is 0 Å². The number of carbonyl (C=O) groups is 1. The molecular formula is C10H13NO5S. The molecule has 0 radical (unpaired) electrons. The molecule has 0 spiro atoms. The van der Waals surface area contributed by atoms with Crippen molar-refractivity contribution < 1.29 is 22.7 Å². The summed E-state index contributed by atoms with van der Waals surface area (Å²) in [5.41, 5.74) is 0. The standard InChI is InChI=1S/C10H13NO5S/c12-9(13)4-8-5-11-10(16-8)7-2-1-3-17(14,15)6-7/h5,7H,1-4,6H2,(H,12,13). The van der Waals surface area contributed by atoms with E-state index in [2.05, 4.69) is 4.98 Å². The van der Waals surface area contributed by atoms with E-state index in [0.29, 0.717) is 18.7 Å². The molecule has 7 heteroatoms. The number of sulfone groups is 1. The van der Waals surface area contributed by atoms with Gasteiger partial charge < -0.3 is 9.52 Å². The molecule has 1 atom stereocenters. The van der Waals surface area contributed by atoms with Crippen LogP contribution in [0.15, 0.2) is 10.6 Å². The van der Waals surface area contributed by atoms with E-state index in [1.165, 1.54) is 6.20 Å². The van der Waals surface area contributed by atoms with Crippen LogP contribution in [0.2, 0.25) is 0 Å². The zero-order chi connectivity index (χ0) is 12.5. The number of nitrogens with zero attached hydrogens (tertiary/aromatic N) is 1. The van der Waals surface area contributed by atoms with Gasteiger partial charge in [0.15, 0.2) is 15.7 Å². The molecule has 1 aromatic rings. The van der Waals surface area contributed by atoms with E-state index in [-0.39, 0.29) is 29.6 Å². The molecule has 0 aliphatic carbocycles. The van der Waals surface area contributed by atoms with Crippen LogP contribution in [0.3, 0.4) is 0 Å². The van der Waals surface area contributed by atoms with Gasteiger partial charge >= 0.3 is 5.97 Å². The fourth-order valence-electron chi connectivity index (χ4n) is 1.96. The molecule has 1 aliphatic rings. The van der Waals surface area contributed by atoms with Gasteiger partial charge in [0.2, 0.25) is 0 Å². The van der Waals surface area contributed by atoms with Crippen LogP contribution in [0.25, 0.3) is 0 Å². The third-order valence-electron chi connectivity index (χ3n) is 2.71. The van der Waals surface area contributed by atoms with Crippen LogP contribution in [-0.2, 0) is 21.1 Å². The highest BCUT2D eigenvalue weighted by atomic mass is 32.2. The van der Waals surface area contributed by atoms with Crippen molar-refractivity contribution >= 4 is 15.8 Å². The highest BCUT2D eigenvalue weighted by Crippen LogP contribution is 2.27. The quantitative estimate of drug-likeness (QED) is 0.853. The number of hydrogen-bond acceptors (Lipinski definition) is 5. The molecule has 2 heterocycles. The fraction of sp³-hybridized carbons (Fsp3) is 0.600. The first-order valence-corrected chi connectivity index (χ1v) is 7.15. The van der Waals surface area contributed by atoms with E-state index >= 15 is 0 Å². The lowest BCUT2D eigenvalue weighted by molar-refractivity contribution is -0.136. The van der Waals surface area contributed by atoms with E-state index < -0.39 is 15.8 Å². The maximum atomic E-state index is 11.5. The number of aromatic nitrogens is 1. The first-order valence-electron chi connectivity index (χ1n) is 5.33. The van der Waals surface area contributed by atoms with Crippen LogP contribution in [0.4, 0.5) is 0 Å². The minimum atomic E-state index is -3.01. The molecule has 1 aromatic heterocycles. The van der Waals surface area contributed by atoms with E-state index in [1.54, 1.807) is 0 Å². The Morgan fingerprint density at radius 1 is 1.59 bits per heavy atom. The second-order valence-corrected chi connectivity index (χ2v) is 6.42. The maximum Gasteiger partial charge on any atom is 0.311 e. The number of rotatable bonds is 3. The smallest absolute Gasteiger partial charge is 0.311 e. The molecular weight excluding hydrogens is 246 g/mol. The van der Waals surface area contributed by atoms with Crippen molar-refractivity contribution in [2.45, 2.75) is 25.2 Å². The van der Waals surface area contributed by atoms with Crippen molar-refractivity contribution in [2.75, 3.05) is 11.5 Å². The predicted octanol–water partition coefficient (Wildman–Crippen LogP) is 0.594. The van der Waals surface area contributed by atoms with Gasteiger partial charge in [-0.15, -0.1) is 0 Å². The lowest BCUT2D eigenvalue weighted by Gasteiger charge is -2.18. The van der Waals surface area contributed by atoms with Gasteiger partial charge in [-0.25, -0.2) is 13.4 Å². The van der Waals surface area contributed by atoms with Gasteiger partial charge in [0.05, 0.1) is 17.7 Å². The molecule has 94 valence electrons. The van der Waals surface area contributed by atoms with Gasteiger partial charge in [0, 0.05) is 5.92 Å². The largest absolute Gasteiger partial charge is 0.481 e. The molecule has 1 N–H and O–H groups in total. The van der Waals surface area contributed by atoms with Gasteiger partial charge in [-0.2, -0.15) is 0 Å². The molecule has 0 aromatic carbocycles. The zero-order valence-electron chi connectivity index (χ0n) is 9.13. The first-order chi connectivity index (χ1) is 7.96. The molecule has 6 nitrogen and oxygen atoms in total. The Balaban J connectivity index is 2.12. The molecule has 1 unspecified atom stereocenters. The van der Waals surface area contributed by atoms with Crippen LogP contribution in [0, 0.1) is 0 Å². The molecule has 2 rings (SSSR count). The van der Waals surface area contributed by atoms with Gasteiger partial charge in [0.1, 0.15) is 12.2 Å². The van der Waals surface area contributed by atoms with Crippen molar-refractivity contribution in [2.24, 2.45) is 0 Å². The molecule has 17 heavy (non-hydrogen) atoms. The van der Waals surface area contributed by atoms with Gasteiger partial charge in [0.25, 0.3) is 0 Å². The molecule has 1 aliphatic heterocycles. The lowest BCUT2D eigenvalue weighted by atomic mass is 10.1. The molecule has 1 saturated heterocycles. The second kappa shape index (κ2) is 4.48. The average Bonchev–Trinajstić information content (AvgIpc) is 2.63. The Morgan fingerprint density at radius 2 is 2.35 bits per heavy atom. The molecule has 0 bridgehead atoms. The predicted molar refractivity (Wildman–Crippen MR) is 58.5 cm³/mol. The number of carboxylic acids is 1. The van der Waals surface area contributed by atoms with E-state index in [4.69, 9.17) is 9.52 Å². The number of carboxylic acid groups (broad SMARTS) is 1. The third kappa shape index (κ3) is 3.06. The van der Waals surface area contributed by atoms with E-state index in [9.17, 15) is 13.2 Å². The molecule has 0 saturated carbocycles. The topological polar surface area (TPSA) is 97.5 Å². The van der Waals surface area contributed by atoms with Crippen LogP contribution in [0.5, 0.6) is 0 Å². The normalized spacial score (nSPS) is 23.4.